The Hall–Kier alpha value is -2.11. The minimum atomic E-state index is -0.333. The molecule has 0 aliphatic heterocycles. The number of aryl methyl sites for hydroxylation is 1. The molecule has 19 heavy (non-hydrogen) atoms. The summed E-state index contributed by atoms with van der Waals surface area (Å²) in [5, 5.41) is 6.89. The van der Waals surface area contributed by atoms with Crippen molar-refractivity contribution in [3.05, 3.63) is 35.7 Å². The highest BCUT2D eigenvalue weighted by Gasteiger charge is 2.08. The lowest BCUT2D eigenvalue weighted by atomic mass is 10.3. The third-order valence-corrected chi connectivity index (χ3v) is 2.50. The summed E-state index contributed by atoms with van der Waals surface area (Å²) < 4.78 is 23.6. The molecule has 102 valence electrons. The van der Waals surface area contributed by atoms with Gasteiger partial charge in [0, 0.05) is 12.5 Å². The number of rotatable bonds is 6. The molecular weight excluding hydrogens is 249 g/mol. The van der Waals surface area contributed by atoms with Crippen LogP contribution in [0.2, 0.25) is 0 Å². The Morgan fingerprint density at radius 3 is 2.89 bits per heavy atom. The predicted molar refractivity (Wildman–Crippen MR) is 68.6 cm³/mol. The van der Waals surface area contributed by atoms with Crippen LogP contribution in [0, 0.1) is 5.82 Å². The van der Waals surface area contributed by atoms with Gasteiger partial charge in [0.25, 0.3) is 0 Å². The van der Waals surface area contributed by atoms with Gasteiger partial charge in [-0.25, -0.2) is 4.39 Å². The number of aromatic nitrogens is 2. The zero-order valence-corrected chi connectivity index (χ0v) is 10.9. The van der Waals surface area contributed by atoms with Gasteiger partial charge in [0.2, 0.25) is 5.89 Å². The molecule has 0 saturated carbocycles. The monoisotopic (exact) mass is 265 g/mol. The highest BCUT2D eigenvalue weighted by molar-refractivity contribution is 5.56. The van der Waals surface area contributed by atoms with Gasteiger partial charge in [-0.15, -0.1) is 0 Å². The average Bonchev–Trinajstić information content (AvgIpc) is 2.86. The fourth-order valence-electron chi connectivity index (χ4n) is 1.59. The molecule has 0 aliphatic rings. The van der Waals surface area contributed by atoms with Gasteiger partial charge in [-0.3, -0.25) is 0 Å². The van der Waals surface area contributed by atoms with Crippen LogP contribution >= 0.6 is 0 Å². The van der Waals surface area contributed by atoms with Crippen LogP contribution in [-0.4, -0.2) is 16.7 Å². The number of nitrogens with zero attached hydrogens (tertiary/aromatic N) is 2. The van der Waals surface area contributed by atoms with E-state index in [9.17, 15) is 4.39 Å². The lowest BCUT2D eigenvalue weighted by molar-refractivity contribution is 0.339. The van der Waals surface area contributed by atoms with Gasteiger partial charge in [-0.05, 0) is 19.1 Å². The Kier molecular flexibility index (Phi) is 4.33. The molecule has 2 aromatic rings. The number of halogens is 1. The van der Waals surface area contributed by atoms with Crippen LogP contribution in [0.5, 0.6) is 5.75 Å². The molecular formula is C13H16FN3O2. The summed E-state index contributed by atoms with van der Waals surface area (Å²) in [7, 11) is 0. The van der Waals surface area contributed by atoms with Crippen molar-refractivity contribution in [2.45, 2.75) is 26.8 Å². The Labute approximate surface area is 110 Å². The van der Waals surface area contributed by atoms with E-state index in [2.05, 4.69) is 15.5 Å². The molecule has 0 aliphatic carbocycles. The molecule has 0 fully saturated rings. The van der Waals surface area contributed by atoms with E-state index in [0.29, 0.717) is 36.3 Å². The quantitative estimate of drug-likeness (QED) is 0.870. The molecule has 0 unspecified atom stereocenters. The first kappa shape index (κ1) is 13.3. The van der Waals surface area contributed by atoms with Crippen molar-refractivity contribution in [3.8, 4) is 5.75 Å². The zero-order valence-electron chi connectivity index (χ0n) is 10.9. The number of hydrogen-bond acceptors (Lipinski definition) is 5. The van der Waals surface area contributed by atoms with Crippen LogP contribution in [0.4, 0.5) is 10.1 Å². The van der Waals surface area contributed by atoms with Crippen molar-refractivity contribution < 1.29 is 13.7 Å². The second kappa shape index (κ2) is 6.17. The first-order valence-corrected chi connectivity index (χ1v) is 6.20. The second-order valence-electron chi connectivity index (χ2n) is 3.88. The molecule has 5 nitrogen and oxygen atoms in total. The third-order valence-electron chi connectivity index (χ3n) is 2.50. The second-order valence-corrected chi connectivity index (χ2v) is 3.88. The minimum absolute atomic E-state index is 0.333. The van der Waals surface area contributed by atoms with E-state index < -0.39 is 0 Å². The molecule has 0 bridgehead atoms. The van der Waals surface area contributed by atoms with Crippen molar-refractivity contribution in [1.29, 1.82) is 0 Å². The maximum absolute atomic E-state index is 13.1. The maximum Gasteiger partial charge on any atom is 0.245 e. The molecule has 0 saturated heterocycles. The van der Waals surface area contributed by atoms with Crippen LogP contribution in [0.15, 0.2) is 22.7 Å². The van der Waals surface area contributed by atoms with E-state index >= 15 is 0 Å². The Morgan fingerprint density at radius 2 is 2.21 bits per heavy atom. The van der Waals surface area contributed by atoms with Crippen LogP contribution in [0.3, 0.4) is 0 Å². The van der Waals surface area contributed by atoms with Gasteiger partial charge in [-0.1, -0.05) is 12.1 Å². The summed E-state index contributed by atoms with van der Waals surface area (Å²) in [6, 6.07) is 4.34. The smallest absolute Gasteiger partial charge is 0.245 e. The Morgan fingerprint density at radius 1 is 1.37 bits per heavy atom. The van der Waals surface area contributed by atoms with Crippen molar-refractivity contribution >= 4 is 5.69 Å². The lowest BCUT2D eigenvalue weighted by Gasteiger charge is -2.10. The van der Waals surface area contributed by atoms with Crippen LogP contribution in [0.1, 0.15) is 25.6 Å². The Bertz CT molecular complexity index is 542. The summed E-state index contributed by atoms with van der Waals surface area (Å²) in [4.78, 5) is 4.18. The maximum atomic E-state index is 13.1. The first-order chi connectivity index (χ1) is 9.22. The summed E-state index contributed by atoms with van der Waals surface area (Å²) in [6.45, 7) is 4.65. The highest BCUT2D eigenvalue weighted by atomic mass is 19.1. The number of benzene rings is 1. The van der Waals surface area contributed by atoms with Crippen LogP contribution in [-0.2, 0) is 13.0 Å². The van der Waals surface area contributed by atoms with Gasteiger partial charge in [0.15, 0.2) is 5.82 Å². The Balaban J connectivity index is 2.05. The summed E-state index contributed by atoms with van der Waals surface area (Å²) in [5.74, 6) is 1.29. The molecule has 1 N–H and O–H groups in total. The molecule has 0 atom stereocenters. The summed E-state index contributed by atoms with van der Waals surface area (Å²) in [5.41, 5.74) is 0.694. The predicted octanol–water partition coefficient (Wildman–Crippen LogP) is 2.78. The topological polar surface area (TPSA) is 60.2 Å². The first-order valence-electron chi connectivity index (χ1n) is 6.20. The number of ether oxygens (including phenoxy) is 1. The van der Waals surface area contributed by atoms with Crippen LogP contribution < -0.4 is 10.1 Å². The van der Waals surface area contributed by atoms with Crippen molar-refractivity contribution in [2.24, 2.45) is 0 Å². The van der Waals surface area contributed by atoms with E-state index in [-0.39, 0.29) is 5.82 Å². The fourth-order valence-corrected chi connectivity index (χ4v) is 1.59. The standard InChI is InChI=1S/C13H16FN3O2/c1-3-12-16-13(19-17-12)8-15-10-6-5-9(14)7-11(10)18-4-2/h5-7,15H,3-4,8H2,1-2H3. The number of hydrogen-bond donors (Lipinski definition) is 1. The van der Waals surface area contributed by atoms with Crippen molar-refractivity contribution in [2.75, 3.05) is 11.9 Å². The number of anilines is 1. The van der Waals surface area contributed by atoms with Gasteiger partial charge in [0.05, 0.1) is 18.8 Å². The SMILES string of the molecule is CCOc1cc(F)ccc1NCc1nc(CC)no1. The molecule has 0 amide bonds. The summed E-state index contributed by atoms with van der Waals surface area (Å²) in [6.07, 6.45) is 0.726. The van der Waals surface area contributed by atoms with E-state index in [1.54, 1.807) is 6.07 Å². The minimum Gasteiger partial charge on any atom is -0.492 e. The number of nitrogens with one attached hydrogen (secondary N) is 1. The van der Waals surface area contributed by atoms with Gasteiger partial charge >= 0.3 is 0 Å². The van der Waals surface area contributed by atoms with Crippen molar-refractivity contribution in [3.63, 3.8) is 0 Å². The van der Waals surface area contributed by atoms with Gasteiger partial charge in [-0.2, -0.15) is 4.98 Å². The molecule has 0 radical (unpaired) electrons. The lowest BCUT2D eigenvalue weighted by Crippen LogP contribution is -2.03. The molecule has 1 aromatic carbocycles. The van der Waals surface area contributed by atoms with E-state index in [1.807, 2.05) is 13.8 Å². The molecule has 0 spiro atoms. The van der Waals surface area contributed by atoms with Gasteiger partial charge in [0.1, 0.15) is 11.6 Å². The van der Waals surface area contributed by atoms with E-state index in [1.165, 1.54) is 12.1 Å². The van der Waals surface area contributed by atoms with Crippen molar-refractivity contribution in [1.82, 2.24) is 10.1 Å². The molecule has 2 rings (SSSR count). The molecule has 6 heteroatoms. The third kappa shape index (κ3) is 3.43. The van der Waals surface area contributed by atoms with E-state index in [0.717, 1.165) is 6.42 Å². The molecule has 1 aromatic heterocycles. The summed E-state index contributed by atoms with van der Waals surface area (Å²) >= 11 is 0. The zero-order chi connectivity index (χ0) is 13.7. The molecule has 1 heterocycles. The average molecular weight is 265 g/mol. The fraction of sp³-hybridized carbons (Fsp3) is 0.385. The van der Waals surface area contributed by atoms with Gasteiger partial charge < -0.3 is 14.6 Å². The highest BCUT2D eigenvalue weighted by Crippen LogP contribution is 2.25. The van der Waals surface area contributed by atoms with Crippen LogP contribution in [0.25, 0.3) is 0 Å². The normalized spacial score (nSPS) is 10.5. The largest absolute Gasteiger partial charge is 0.492 e. The van der Waals surface area contributed by atoms with E-state index in [4.69, 9.17) is 9.26 Å².